The van der Waals surface area contributed by atoms with Crippen LogP contribution in [0, 0.1) is 5.92 Å². The monoisotopic (exact) mass is 363 g/mol. The predicted molar refractivity (Wildman–Crippen MR) is 104 cm³/mol. The highest BCUT2D eigenvalue weighted by molar-refractivity contribution is 5.84. The van der Waals surface area contributed by atoms with E-state index in [2.05, 4.69) is 32.8 Å². The topological polar surface area (TPSA) is 81.9 Å². The van der Waals surface area contributed by atoms with Crippen molar-refractivity contribution < 1.29 is 9.21 Å². The largest absolute Gasteiger partial charge is 0.467 e. The number of rotatable bonds is 9. The fraction of sp³-hybridized carbons (Fsp3) is 0.684. The molecular formula is C19H33N5O2. The molecule has 1 aromatic rings. The molecule has 26 heavy (non-hydrogen) atoms. The highest BCUT2D eigenvalue weighted by Gasteiger charge is 2.14. The molecule has 0 radical (unpaired) electrons. The molecule has 2 heterocycles. The Bertz CT molecular complexity index is 536. The lowest BCUT2D eigenvalue weighted by molar-refractivity contribution is -0.119. The summed E-state index contributed by atoms with van der Waals surface area (Å²) < 4.78 is 5.19. The van der Waals surface area contributed by atoms with Crippen LogP contribution >= 0.6 is 0 Å². The number of hydrogen-bond acceptors (Lipinski definition) is 4. The minimum absolute atomic E-state index is 0.0973. The Labute approximate surface area is 156 Å². The first kappa shape index (κ1) is 20.3. The molecule has 1 fully saturated rings. The Kier molecular flexibility index (Phi) is 9.03. The number of guanidine groups is 1. The van der Waals surface area contributed by atoms with Gasteiger partial charge < -0.3 is 25.3 Å². The van der Waals surface area contributed by atoms with Crippen LogP contribution in [0.3, 0.4) is 0 Å². The highest BCUT2D eigenvalue weighted by Crippen LogP contribution is 2.15. The minimum atomic E-state index is -0.124. The zero-order valence-electron chi connectivity index (χ0n) is 16.1. The van der Waals surface area contributed by atoms with E-state index < -0.39 is 0 Å². The molecule has 1 aliphatic heterocycles. The molecule has 7 heteroatoms. The van der Waals surface area contributed by atoms with Crippen LogP contribution in [0.4, 0.5) is 0 Å². The van der Waals surface area contributed by atoms with Gasteiger partial charge in [0, 0.05) is 13.1 Å². The van der Waals surface area contributed by atoms with Crippen molar-refractivity contribution in [2.24, 2.45) is 10.9 Å². The average Bonchev–Trinajstić information content (AvgIpc) is 3.16. The molecule has 1 aromatic heterocycles. The van der Waals surface area contributed by atoms with Gasteiger partial charge in [-0.1, -0.05) is 6.92 Å². The van der Waals surface area contributed by atoms with Crippen LogP contribution in [0.15, 0.2) is 27.8 Å². The van der Waals surface area contributed by atoms with Gasteiger partial charge in [-0.15, -0.1) is 0 Å². The molecule has 7 nitrogen and oxygen atoms in total. The second-order valence-electron chi connectivity index (χ2n) is 6.86. The lowest BCUT2D eigenvalue weighted by atomic mass is 9.99. The summed E-state index contributed by atoms with van der Waals surface area (Å²) in [6, 6.07) is 3.63. The molecule has 0 spiro atoms. The Balaban J connectivity index is 1.62. The van der Waals surface area contributed by atoms with Crippen molar-refractivity contribution in [1.82, 2.24) is 20.9 Å². The standard InChI is InChI=1S/C19H33N5O2/c1-3-20-19(21-9-5-10-24-11-7-16(2)8-12-24)23-15-18(25)22-14-17-6-4-13-26-17/h4,6,13,16H,3,5,7-12,14-15H2,1-2H3,(H,22,25)(H2,20,21,23). The molecular weight excluding hydrogens is 330 g/mol. The normalized spacial score (nSPS) is 16.5. The van der Waals surface area contributed by atoms with E-state index in [0.717, 1.165) is 37.7 Å². The van der Waals surface area contributed by atoms with E-state index in [-0.39, 0.29) is 12.5 Å². The Morgan fingerprint density at radius 1 is 1.31 bits per heavy atom. The average molecular weight is 364 g/mol. The van der Waals surface area contributed by atoms with Crippen molar-refractivity contribution in [3.8, 4) is 0 Å². The third kappa shape index (κ3) is 7.91. The van der Waals surface area contributed by atoms with Crippen LogP contribution in [0.5, 0.6) is 0 Å². The van der Waals surface area contributed by atoms with E-state index in [4.69, 9.17) is 4.42 Å². The van der Waals surface area contributed by atoms with E-state index in [0.29, 0.717) is 12.5 Å². The molecule has 1 aliphatic rings. The zero-order valence-corrected chi connectivity index (χ0v) is 16.1. The summed E-state index contributed by atoms with van der Waals surface area (Å²) in [5, 5.41) is 9.28. The number of amides is 1. The maximum Gasteiger partial charge on any atom is 0.242 e. The molecule has 0 aliphatic carbocycles. The van der Waals surface area contributed by atoms with Gasteiger partial charge >= 0.3 is 0 Å². The second kappa shape index (κ2) is 11.6. The number of piperidine rings is 1. The summed E-state index contributed by atoms with van der Waals surface area (Å²) in [5.74, 6) is 2.17. The summed E-state index contributed by atoms with van der Waals surface area (Å²) in [7, 11) is 0. The quantitative estimate of drug-likeness (QED) is 0.352. The van der Waals surface area contributed by atoms with E-state index in [1.807, 2.05) is 13.0 Å². The maximum absolute atomic E-state index is 11.9. The first-order valence-corrected chi connectivity index (χ1v) is 9.71. The maximum atomic E-state index is 11.9. The summed E-state index contributed by atoms with van der Waals surface area (Å²) in [6.07, 6.45) is 5.29. The van der Waals surface area contributed by atoms with Crippen LogP contribution < -0.4 is 16.0 Å². The summed E-state index contributed by atoms with van der Waals surface area (Å²) >= 11 is 0. The van der Waals surface area contributed by atoms with Crippen LogP contribution in [0.2, 0.25) is 0 Å². The van der Waals surface area contributed by atoms with Gasteiger partial charge in [0.1, 0.15) is 12.3 Å². The number of nitrogens with one attached hydrogen (secondary N) is 3. The number of nitrogens with zero attached hydrogens (tertiary/aromatic N) is 2. The van der Waals surface area contributed by atoms with E-state index in [9.17, 15) is 4.79 Å². The number of carbonyl (C=O) groups is 1. The van der Waals surface area contributed by atoms with Crippen molar-refractivity contribution in [3.05, 3.63) is 24.2 Å². The Morgan fingerprint density at radius 2 is 2.12 bits per heavy atom. The van der Waals surface area contributed by atoms with E-state index in [1.165, 1.54) is 25.9 Å². The third-order valence-corrected chi connectivity index (χ3v) is 4.58. The van der Waals surface area contributed by atoms with Gasteiger partial charge in [-0.05, 0) is 63.9 Å². The van der Waals surface area contributed by atoms with Crippen molar-refractivity contribution >= 4 is 11.9 Å². The van der Waals surface area contributed by atoms with Crippen LogP contribution in [-0.2, 0) is 11.3 Å². The van der Waals surface area contributed by atoms with Gasteiger partial charge in [0.05, 0.1) is 12.8 Å². The number of likely N-dealkylation sites (tertiary alicyclic amines) is 1. The molecule has 0 atom stereocenters. The van der Waals surface area contributed by atoms with Gasteiger partial charge in [-0.2, -0.15) is 0 Å². The lowest BCUT2D eigenvalue weighted by Gasteiger charge is -2.30. The predicted octanol–water partition coefficient (Wildman–Crippen LogP) is 1.57. The van der Waals surface area contributed by atoms with Gasteiger partial charge in [-0.25, -0.2) is 4.99 Å². The number of aliphatic imine (C=N–C) groups is 1. The third-order valence-electron chi connectivity index (χ3n) is 4.58. The van der Waals surface area contributed by atoms with Crippen LogP contribution in [0.1, 0.15) is 38.9 Å². The SMILES string of the molecule is CCNC(=NCC(=O)NCc1ccco1)NCCCN1CCC(C)CC1. The summed E-state index contributed by atoms with van der Waals surface area (Å²) in [5.41, 5.74) is 0. The Hall–Kier alpha value is -2.02. The molecule has 0 aromatic carbocycles. The van der Waals surface area contributed by atoms with Crippen molar-refractivity contribution in [3.63, 3.8) is 0 Å². The van der Waals surface area contributed by atoms with Gasteiger partial charge in [0.15, 0.2) is 5.96 Å². The number of furan rings is 1. The number of hydrogen-bond donors (Lipinski definition) is 3. The molecule has 0 bridgehead atoms. The second-order valence-corrected chi connectivity index (χ2v) is 6.86. The van der Waals surface area contributed by atoms with Crippen molar-refractivity contribution in [2.75, 3.05) is 39.3 Å². The molecule has 0 unspecified atom stereocenters. The summed E-state index contributed by atoms with van der Waals surface area (Å²) in [4.78, 5) is 18.8. The fourth-order valence-corrected chi connectivity index (χ4v) is 2.94. The minimum Gasteiger partial charge on any atom is -0.467 e. The van der Waals surface area contributed by atoms with Gasteiger partial charge in [0.25, 0.3) is 0 Å². The Morgan fingerprint density at radius 3 is 2.81 bits per heavy atom. The van der Waals surface area contributed by atoms with E-state index >= 15 is 0 Å². The van der Waals surface area contributed by atoms with Crippen molar-refractivity contribution in [1.29, 1.82) is 0 Å². The van der Waals surface area contributed by atoms with Gasteiger partial charge in [0.2, 0.25) is 5.91 Å². The molecule has 0 saturated carbocycles. The van der Waals surface area contributed by atoms with Crippen LogP contribution in [-0.4, -0.2) is 56.0 Å². The smallest absolute Gasteiger partial charge is 0.242 e. The molecule has 1 saturated heterocycles. The van der Waals surface area contributed by atoms with Gasteiger partial charge in [-0.3, -0.25) is 4.79 Å². The number of carbonyl (C=O) groups excluding carboxylic acids is 1. The highest BCUT2D eigenvalue weighted by atomic mass is 16.3. The fourth-order valence-electron chi connectivity index (χ4n) is 2.94. The first-order valence-electron chi connectivity index (χ1n) is 9.71. The van der Waals surface area contributed by atoms with Crippen LogP contribution in [0.25, 0.3) is 0 Å². The van der Waals surface area contributed by atoms with E-state index in [1.54, 1.807) is 12.3 Å². The lowest BCUT2D eigenvalue weighted by Crippen LogP contribution is -2.40. The summed E-state index contributed by atoms with van der Waals surface area (Å²) in [6.45, 7) is 10.0. The van der Waals surface area contributed by atoms with Crippen molar-refractivity contribution in [2.45, 2.75) is 39.7 Å². The molecule has 1 amide bonds. The first-order chi connectivity index (χ1) is 12.7. The molecule has 3 N–H and O–H groups in total. The molecule has 2 rings (SSSR count). The zero-order chi connectivity index (χ0) is 18.6. The molecule has 146 valence electrons.